The van der Waals surface area contributed by atoms with Gasteiger partial charge in [0.25, 0.3) is 11.8 Å². The van der Waals surface area contributed by atoms with Gasteiger partial charge in [-0.1, -0.05) is 13.0 Å². The van der Waals surface area contributed by atoms with Crippen molar-refractivity contribution in [3.05, 3.63) is 95.2 Å². The molecular formula is C24H19N5O2. The molecule has 1 N–H and O–H groups in total. The highest BCUT2D eigenvalue weighted by Gasteiger charge is 2.28. The van der Waals surface area contributed by atoms with E-state index in [1.807, 2.05) is 19.1 Å². The van der Waals surface area contributed by atoms with Gasteiger partial charge in [-0.2, -0.15) is 10.5 Å². The minimum Gasteiger partial charge on any atom is -0.331 e. The summed E-state index contributed by atoms with van der Waals surface area (Å²) >= 11 is 0. The molecule has 0 spiro atoms. The number of pyridine rings is 1. The van der Waals surface area contributed by atoms with E-state index in [-0.39, 0.29) is 11.8 Å². The molecule has 2 amide bonds. The summed E-state index contributed by atoms with van der Waals surface area (Å²) in [6.07, 6.45) is 1.34. The van der Waals surface area contributed by atoms with Crippen molar-refractivity contribution in [3.8, 4) is 12.1 Å². The van der Waals surface area contributed by atoms with Crippen molar-refractivity contribution in [1.29, 1.82) is 10.5 Å². The highest BCUT2D eigenvalue weighted by molar-refractivity contribution is 6.06. The van der Waals surface area contributed by atoms with Crippen LogP contribution in [0.4, 0.5) is 5.82 Å². The van der Waals surface area contributed by atoms with Gasteiger partial charge in [-0.15, -0.1) is 0 Å². The van der Waals surface area contributed by atoms with Gasteiger partial charge in [0, 0.05) is 17.3 Å². The van der Waals surface area contributed by atoms with E-state index in [4.69, 9.17) is 10.5 Å². The Labute approximate surface area is 180 Å². The third-order valence-electron chi connectivity index (χ3n) is 4.65. The van der Waals surface area contributed by atoms with Gasteiger partial charge in [0.05, 0.1) is 23.3 Å². The highest BCUT2D eigenvalue weighted by atomic mass is 16.2. The van der Waals surface area contributed by atoms with Crippen molar-refractivity contribution >= 4 is 17.6 Å². The van der Waals surface area contributed by atoms with Crippen LogP contribution in [0.15, 0.2) is 72.9 Å². The lowest BCUT2D eigenvalue weighted by atomic mass is 10.1. The number of hydrogen-bond donors (Lipinski definition) is 1. The number of amides is 2. The van der Waals surface area contributed by atoms with Crippen LogP contribution in [0.25, 0.3) is 0 Å². The molecule has 152 valence electrons. The maximum absolute atomic E-state index is 13.4. The molecule has 0 bridgehead atoms. The van der Waals surface area contributed by atoms with E-state index in [0.29, 0.717) is 34.5 Å². The van der Waals surface area contributed by atoms with E-state index in [1.165, 1.54) is 4.90 Å². The molecule has 3 aromatic rings. The molecule has 0 saturated carbocycles. The van der Waals surface area contributed by atoms with Crippen LogP contribution in [-0.4, -0.2) is 23.0 Å². The minimum atomic E-state index is -0.666. The van der Waals surface area contributed by atoms with Crippen LogP contribution in [0.1, 0.15) is 45.2 Å². The van der Waals surface area contributed by atoms with Gasteiger partial charge in [-0.05, 0) is 67.1 Å². The van der Waals surface area contributed by atoms with E-state index >= 15 is 0 Å². The Morgan fingerprint density at radius 2 is 1.52 bits per heavy atom. The van der Waals surface area contributed by atoms with Crippen LogP contribution in [0.3, 0.4) is 0 Å². The molecule has 0 aliphatic carbocycles. The second-order valence-corrected chi connectivity index (χ2v) is 6.64. The molecule has 0 aliphatic heterocycles. The molecule has 0 fully saturated rings. The van der Waals surface area contributed by atoms with Gasteiger partial charge in [0.15, 0.2) is 0 Å². The van der Waals surface area contributed by atoms with Gasteiger partial charge >= 0.3 is 0 Å². The van der Waals surface area contributed by atoms with Crippen LogP contribution in [0, 0.1) is 22.7 Å². The largest absolute Gasteiger partial charge is 0.331 e. The molecule has 3 rings (SSSR count). The molecule has 0 aliphatic rings. The first-order chi connectivity index (χ1) is 15.1. The molecule has 1 heterocycles. The standard InChI is InChI=1S/C24H19N5O2/c1-2-21(28-23(30)19-10-6-17(15-25)7-11-19)29(22-5-3-4-14-27-22)24(31)20-12-8-18(16-26)9-13-20/h3-14,21H,2H2,1H3,(H,28,30)/t21-/m1/s1. The molecule has 7 heteroatoms. The first-order valence-electron chi connectivity index (χ1n) is 9.63. The molecule has 1 atom stereocenters. The number of anilines is 1. The van der Waals surface area contributed by atoms with Gasteiger partial charge in [0.1, 0.15) is 12.0 Å². The van der Waals surface area contributed by atoms with E-state index in [2.05, 4.69) is 10.3 Å². The molecule has 0 unspecified atom stereocenters. The van der Waals surface area contributed by atoms with Crippen LogP contribution >= 0.6 is 0 Å². The van der Waals surface area contributed by atoms with E-state index < -0.39 is 6.17 Å². The van der Waals surface area contributed by atoms with E-state index in [0.717, 1.165) is 0 Å². The number of nitriles is 2. The summed E-state index contributed by atoms with van der Waals surface area (Å²) in [6.45, 7) is 1.85. The highest BCUT2D eigenvalue weighted by Crippen LogP contribution is 2.19. The molecule has 31 heavy (non-hydrogen) atoms. The maximum Gasteiger partial charge on any atom is 0.261 e. The van der Waals surface area contributed by atoms with Crippen molar-refractivity contribution in [1.82, 2.24) is 10.3 Å². The van der Waals surface area contributed by atoms with Gasteiger partial charge in [0.2, 0.25) is 0 Å². The van der Waals surface area contributed by atoms with Crippen molar-refractivity contribution in [2.24, 2.45) is 0 Å². The van der Waals surface area contributed by atoms with Gasteiger partial charge in [-0.25, -0.2) is 4.98 Å². The number of nitrogens with zero attached hydrogens (tertiary/aromatic N) is 4. The average molecular weight is 409 g/mol. The number of carbonyl (C=O) groups is 2. The van der Waals surface area contributed by atoms with Crippen LogP contribution in [-0.2, 0) is 0 Å². The zero-order valence-corrected chi connectivity index (χ0v) is 16.8. The Morgan fingerprint density at radius 3 is 2.00 bits per heavy atom. The number of hydrogen-bond acceptors (Lipinski definition) is 5. The number of carbonyl (C=O) groups excluding carboxylic acids is 2. The van der Waals surface area contributed by atoms with Gasteiger partial charge < -0.3 is 5.32 Å². The number of nitrogens with one attached hydrogen (secondary N) is 1. The Kier molecular flexibility index (Phi) is 6.72. The smallest absolute Gasteiger partial charge is 0.261 e. The Hall–Kier alpha value is -4.49. The summed E-state index contributed by atoms with van der Waals surface area (Å²) in [4.78, 5) is 31.9. The molecule has 2 aromatic carbocycles. The second kappa shape index (κ2) is 9.82. The zero-order chi connectivity index (χ0) is 22.2. The van der Waals surface area contributed by atoms with Crippen molar-refractivity contribution < 1.29 is 9.59 Å². The van der Waals surface area contributed by atoms with Crippen molar-refractivity contribution in [2.45, 2.75) is 19.5 Å². The normalized spacial score (nSPS) is 10.9. The van der Waals surface area contributed by atoms with Crippen molar-refractivity contribution in [3.63, 3.8) is 0 Å². The molecule has 1 aromatic heterocycles. The summed E-state index contributed by atoms with van der Waals surface area (Å²) in [6, 6.07) is 21.8. The maximum atomic E-state index is 13.4. The second-order valence-electron chi connectivity index (χ2n) is 6.64. The minimum absolute atomic E-state index is 0.352. The molecule has 0 saturated heterocycles. The fourth-order valence-corrected chi connectivity index (χ4v) is 3.01. The first kappa shape index (κ1) is 21.2. The number of aromatic nitrogens is 1. The molecule has 0 radical (unpaired) electrons. The monoisotopic (exact) mass is 409 g/mol. The Morgan fingerprint density at radius 1 is 0.935 bits per heavy atom. The van der Waals surface area contributed by atoms with Crippen LogP contribution in [0.2, 0.25) is 0 Å². The van der Waals surface area contributed by atoms with Crippen molar-refractivity contribution in [2.75, 3.05) is 4.90 Å². The third kappa shape index (κ3) is 4.92. The molecular weight excluding hydrogens is 390 g/mol. The van der Waals surface area contributed by atoms with Crippen LogP contribution < -0.4 is 10.2 Å². The summed E-state index contributed by atoms with van der Waals surface area (Å²) in [7, 11) is 0. The lowest BCUT2D eigenvalue weighted by molar-refractivity contribution is 0.0912. The average Bonchev–Trinajstić information content (AvgIpc) is 2.84. The summed E-state index contributed by atoms with van der Waals surface area (Å²) < 4.78 is 0. The summed E-state index contributed by atoms with van der Waals surface area (Å²) in [5.74, 6) is -0.330. The zero-order valence-electron chi connectivity index (χ0n) is 16.8. The number of benzene rings is 2. The topological polar surface area (TPSA) is 110 Å². The molecule has 7 nitrogen and oxygen atoms in total. The van der Waals surface area contributed by atoms with Crippen LogP contribution in [0.5, 0.6) is 0 Å². The Bertz CT molecular complexity index is 1140. The fourth-order valence-electron chi connectivity index (χ4n) is 3.01. The summed E-state index contributed by atoms with van der Waals surface area (Å²) in [5, 5.41) is 20.8. The predicted molar refractivity (Wildman–Crippen MR) is 115 cm³/mol. The predicted octanol–water partition coefficient (Wildman–Crippen LogP) is 3.64. The fraction of sp³-hybridized carbons (Fsp3) is 0.125. The number of rotatable bonds is 6. The SMILES string of the molecule is CC[C@H](NC(=O)c1ccc(C#N)cc1)N(C(=O)c1ccc(C#N)cc1)c1ccccn1. The quantitative estimate of drug-likeness (QED) is 0.625. The first-order valence-corrected chi connectivity index (χ1v) is 9.63. The van der Waals surface area contributed by atoms with Gasteiger partial charge in [-0.3, -0.25) is 14.5 Å². The third-order valence-corrected chi connectivity index (χ3v) is 4.65. The Balaban J connectivity index is 1.92. The van der Waals surface area contributed by atoms with E-state index in [1.54, 1.807) is 72.9 Å². The van der Waals surface area contributed by atoms with E-state index in [9.17, 15) is 9.59 Å². The lowest BCUT2D eigenvalue weighted by Gasteiger charge is -2.31. The summed E-state index contributed by atoms with van der Waals surface area (Å²) in [5.41, 5.74) is 1.65. The lowest BCUT2D eigenvalue weighted by Crippen LogP contribution is -2.51.